The number of urea groups is 1. The number of aryl methyl sites for hydroxylation is 1. The predicted octanol–water partition coefficient (Wildman–Crippen LogP) is 2.05. The van der Waals surface area contributed by atoms with Crippen LogP contribution in [0.1, 0.15) is 18.9 Å². The number of anilines is 1. The first kappa shape index (κ1) is 15.2. The molecule has 1 saturated heterocycles. The second kappa shape index (κ2) is 6.03. The molecule has 0 spiro atoms. The molecule has 21 heavy (non-hydrogen) atoms. The van der Waals surface area contributed by atoms with Gasteiger partial charge in [-0.1, -0.05) is 6.07 Å². The smallest absolute Gasteiger partial charge is 0.324 e. The van der Waals surface area contributed by atoms with E-state index in [-0.39, 0.29) is 24.1 Å². The zero-order chi connectivity index (χ0) is 15.6. The molecule has 0 radical (unpaired) electrons. The number of hydrogen-bond donors (Lipinski definition) is 2. The Kier molecular flexibility index (Phi) is 4.35. The second-order valence-electron chi connectivity index (χ2n) is 5.37. The van der Waals surface area contributed by atoms with Gasteiger partial charge in [0.1, 0.15) is 5.75 Å². The topological polar surface area (TPSA) is 81.1 Å². The summed E-state index contributed by atoms with van der Waals surface area (Å²) in [5, 5.41) is 18.3. The number of benzene rings is 1. The molecule has 2 amide bonds. The van der Waals surface area contributed by atoms with Crippen molar-refractivity contribution in [2.45, 2.75) is 20.3 Å². The lowest BCUT2D eigenvalue weighted by Crippen LogP contribution is -2.55. The maximum Gasteiger partial charge on any atom is 0.324 e. The molecule has 0 aromatic heterocycles. The first-order chi connectivity index (χ1) is 9.92. The number of phenolic OH excluding ortho intramolecular Hbond substituents is 1. The molecule has 1 aromatic carbocycles. The summed E-state index contributed by atoms with van der Waals surface area (Å²) in [5.41, 5.74) is 1.59. The number of aliphatic carboxylic acids is 1. The maximum absolute atomic E-state index is 12.5. The standard InChI is InChI=1S/C15H20N2O4/c1-3-17(13-7-12(18)5-4-10(13)2)15(21)16-8-11(9-16)6-14(19)20/h4-5,7,11,18H,3,6,8-9H2,1-2H3,(H,19,20). The molecule has 0 aliphatic carbocycles. The van der Waals surface area contributed by atoms with Gasteiger partial charge in [-0.25, -0.2) is 4.79 Å². The molecule has 0 unspecified atom stereocenters. The van der Waals surface area contributed by atoms with Gasteiger partial charge in [0, 0.05) is 31.6 Å². The van der Waals surface area contributed by atoms with Gasteiger partial charge in [-0.05, 0) is 25.5 Å². The van der Waals surface area contributed by atoms with E-state index in [0.717, 1.165) is 5.56 Å². The SMILES string of the molecule is CCN(C(=O)N1CC(CC(=O)O)C1)c1cc(O)ccc1C. The summed E-state index contributed by atoms with van der Waals surface area (Å²) in [6.45, 7) is 5.19. The number of carbonyl (C=O) groups excluding carboxylic acids is 1. The molecule has 1 heterocycles. The van der Waals surface area contributed by atoms with Crippen LogP contribution < -0.4 is 4.90 Å². The third-order valence-corrected chi connectivity index (χ3v) is 3.72. The number of nitrogens with zero attached hydrogens (tertiary/aromatic N) is 2. The maximum atomic E-state index is 12.5. The van der Waals surface area contributed by atoms with Crippen molar-refractivity contribution in [1.29, 1.82) is 0 Å². The summed E-state index contributed by atoms with van der Waals surface area (Å²) in [5.74, 6) is -0.673. The molecule has 6 heteroatoms. The Morgan fingerprint density at radius 2 is 2.05 bits per heavy atom. The van der Waals surface area contributed by atoms with E-state index in [4.69, 9.17) is 5.11 Å². The zero-order valence-electron chi connectivity index (χ0n) is 12.2. The molecular weight excluding hydrogens is 272 g/mol. The average molecular weight is 292 g/mol. The highest BCUT2D eigenvalue weighted by atomic mass is 16.4. The average Bonchev–Trinajstić information content (AvgIpc) is 2.37. The molecule has 114 valence electrons. The fourth-order valence-corrected chi connectivity index (χ4v) is 2.57. The minimum absolute atomic E-state index is 0.0374. The van der Waals surface area contributed by atoms with Gasteiger partial charge in [-0.2, -0.15) is 0 Å². The van der Waals surface area contributed by atoms with Crippen LogP contribution in [0.3, 0.4) is 0 Å². The number of carboxylic acids is 1. The predicted molar refractivity (Wildman–Crippen MR) is 78.6 cm³/mol. The Hall–Kier alpha value is -2.24. The minimum Gasteiger partial charge on any atom is -0.508 e. The number of hydrogen-bond acceptors (Lipinski definition) is 3. The van der Waals surface area contributed by atoms with E-state index >= 15 is 0 Å². The largest absolute Gasteiger partial charge is 0.508 e. The number of amides is 2. The van der Waals surface area contributed by atoms with Crippen LogP contribution in [0, 0.1) is 12.8 Å². The van der Waals surface area contributed by atoms with Crippen molar-refractivity contribution in [2.75, 3.05) is 24.5 Å². The van der Waals surface area contributed by atoms with Crippen molar-refractivity contribution in [2.24, 2.45) is 5.92 Å². The van der Waals surface area contributed by atoms with Gasteiger partial charge < -0.3 is 15.1 Å². The van der Waals surface area contributed by atoms with Gasteiger partial charge >= 0.3 is 12.0 Å². The molecule has 1 aliphatic rings. The van der Waals surface area contributed by atoms with E-state index in [1.54, 1.807) is 28.0 Å². The fraction of sp³-hybridized carbons (Fsp3) is 0.467. The lowest BCUT2D eigenvalue weighted by Gasteiger charge is -2.41. The summed E-state index contributed by atoms with van der Waals surface area (Å²) in [7, 11) is 0. The van der Waals surface area contributed by atoms with Gasteiger partial charge in [0.2, 0.25) is 0 Å². The Morgan fingerprint density at radius 1 is 1.38 bits per heavy atom. The third-order valence-electron chi connectivity index (χ3n) is 3.72. The van der Waals surface area contributed by atoms with Crippen LogP contribution in [0.4, 0.5) is 10.5 Å². The fourth-order valence-electron chi connectivity index (χ4n) is 2.57. The van der Waals surface area contributed by atoms with E-state index in [2.05, 4.69) is 0 Å². The minimum atomic E-state index is -0.830. The number of carboxylic acid groups (broad SMARTS) is 1. The lowest BCUT2D eigenvalue weighted by molar-refractivity contribution is -0.139. The monoisotopic (exact) mass is 292 g/mol. The highest BCUT2D eigenvalue weighted by Gasteiger charge is 2.34. The van der Waals surface area contributed by atoms with Crippen molar-refractivity contribution in [3.05, 3.63) is 23.8 Å². The molecule has 6 nitrogen and oxygen atoms in total. The Bertz CT molecular complexity index is 553. The number of likely N-dealkylation sites (tertiary alicyclic amines) is 1. The van der Waals surface area contributed by atoms with Gasteiger partial charge in [-0.3, -0.25) is 9.69 Å². The number of carbonyl (C=O) groups is 2. The van der Waals surface area contributed by atoms with Crippen LogP contribution >= 0.6 is 0 Å². The Labute approximate surface area is 123 Å². The van der Waals surface area contributed by atoms with Crippen molar-refractivity contribution in [1.82, 2.24) is 4.90 Å². The van der Waals surface area contributed by atoms with Gasteiger partial charge in [-0.15, -0.1) is 0 Å². The van der Waals surface area contributed by atoms with Gasteiger partial charge in [0.15, 0.2) is 0 Å². The normalized spacial score (nSPS) is 14.7. The second-order valence-corrected chi connectivity index (χ2v) is 5.37. The quantitative estimate of drug-likeness (QED) is 0.890. The van der Waals surface area contributed by atoms with E-state index in [9.17, 15) is 14.7 Å². The third kappa shape index (κ3) is 3.26. The number of phenols is 1. The Balaban J connectivity index is 2.07. The van der Waals surface area contributed by atoms with E-state index in [0.29, 0.717) is 25.3 Å². The summed E-state index contributed by atoms with van der Waals surface area (Å²) >= 11 is 0. The molecule has 0 atom stereocenters. The van der Waals surface area contributed by atoms with Gasteiger partial charge in [0.05, 0.1) is 12.1 Å². The number of rotatable bonds is 4. The molecule has 0 saturated carbocycles. The van der Waals surface area contributed by atoms with E-state index in [1.165, 1.54) is 0 Å². The van der Waals surface area contributed by atoms with Crippen LogP contribution in [0.2, 0.25) is 0 Å². The van der Waals surface area contributed by atoms with Crippen LogP contribution in [-0.4, -0.2) is 46.7 Å². The molecule has 1 aromatic rings. The van der Waals surface area contributed by atoms with E-state index in [1.807, 2.05) is 13.8 Å². The van der Waals surface area contributed by atoms with E-state index < -0.39 is 5.97 Å². The highest BCUT2D eigenvalue weighted by molar-refractivity contribution is 5.93. The first-order valence-corrected chi connectivity index (χ1v) is 7.00. The van der Waals surface area contributed by atoms with Crippen molar-refractivity contribution >= 4 is 17.7 Å². The van der Waals surface area contributed by atoms with Crippen molar-refractivity contribution in [3.63, 3.8) is 0 Å². The summed E-state index contributed by atoms with van der Waals surface area (Å²) in [6.07, 6.45) is 0.0983. The molecule has 1 aliphatic heterocycles. The Morgan fingerprint density at radius 3 is 2.62 bits per heavy atom. The summed E-state index contributed by atoms with van der Waals surface area (Å²) < 4.78 is 0. The number of aromatic hydroxyl groups is 1. The first-order valence-electron chi connectivity index (χ1n) is 7.00. The van der Waals surface area contributed by atoms with Crippen molar-refractivity contribution < 1.29 is 19.8 Å². The zero-order valence-corrected chi connectivity index (χ0v) is 12.2. The molecule has 1 fully saturated rings. The molecule has 2 rings (SSSR count). The summed E-state index contributed by atoms with van der Waals surface area (Å²) in [4.78, 5) is 26.3. The highest BCUT2D eigenvalue weighted by Crippen LogP contribution is 2.28. The lowest BCUT2D eigenvalue weighted by atomic mass is 9.97. The van der Waals surface area contributed by atoms with Gasteiger partial charge in [0.25, 0.3) is 0 Å². The van der Waals surface area contributed by atoms with Crippen molar-refractivity contribution in [3.8, 4) is 5.75 Å². The van der Waals surface area contributed by atoms with Crippen LogP contribution in [-0.2, 0) is 4.79 Å². The molecule has 0 bridgehead atoms. The molecular formula is C15H20N2O4. The molecule has 2 N–H and O–H groups in total. The van der Waals surface area contributed by atoms with Crippen LogP contribution in [0.25, 0.3) is 0 Å². The summed E-state index contributed by atoms with van der Waals surface area (Å²) in [6, 6.07) is 4.78. The van der Waals surface area contributed by atoms with Crippen LogP contribution in [0.15, 0.2) is 18.2 Å². The van der Waals surface area contributed by atoms with Crippen LogP contribution in [0.5, 0.6) is 5.75 Å².